The monoisotopic (exact) mass is 220 g/mol. The summed E-state index contributed by atoms with van der Waals surface area (Å²) in [6.07, 6.45) is -0.443. The zero-order valence-corrected chi connectivity index (χ0v) is 8.17. The maximum absolute atomic E-state index is 10.8. The normalized spacial score (nSPS) is 18.4. The van der Waals surface area contributed by atoms with Crippen molar-refractivity contribution in [1.82, 2.24) is 10.1 Å². The zero-order chi connectivity index (χ0) is 11.0. The first-order valence-corrected chi connectivity index (χ1v) is 4.77. The van der Waals surface area contributed by atoms with Gasteiger partial charge in [0.15, 0.2) is 23.4 Å². The van der Waals surface area contributed by atoms with Crippen molar-refractivity contribution in [3.8, 4) is 11.5 Å². The van der Waals surface area contributed by atoms with Crippen molar-refractivity contribution in [2.75, 3.05) is 6.61 Å². The van der Waals surface area contributed by atoms with Crippen LogP contribution in [0.3, 0.4) is 0 Å². The highest BCUT2D eigenvalue weighted by atomic mass is 16.6. The minimum Gasteiger partial charge on any atom is -0.485 e. The molecule has 1 unspecified atom stereocenters. The summed E-state index contributed by atoms with van der Waals surface area (Å²) in [5.41, 5.74) is 0. The van der Waals surface area contributed by atoms with Crippen molar-refractivity contribution < 1.29 is 14.0 Å². The van der Waals surface area contributed by atoms with E-state index in [4.69, 9.17) is 9.47 Å². The number of hydrogen-bond acceptors (Lipinski definition) is 5. The minimum absolute atomic E-state index is 0.291. The summed E-state index contributed by atoms with van der Waals surface area (Å²) in [6.45, 7) is 0.291. The lowest BCUT2D eigenvalue weighted by Crippen LogP contribution is -2.23. The van der Waals surface area contributed by atoms with Gasteiger partial charge in [0.1, 0.15) is 6.61 Å². The fourth-order valence-corrected chi connectivity index (χ4v) is 1.53. The fourth-order valence-electron chi connectivity index (χ4n) is 1.53. The van der Waals surface area contributed by atoms with Gasteiger partial charge in [0, 0.05) is 0 Å². The van der Waals surface area contributed by atoms with Crippen LogP contribution in [0.25, 0.3) is 0 Å². The summed E-state index contributed by atoms with van der Waals surface area (Å²) in [5, 5.41) is 3.56. The number of nitrogens with zero attached hydrogens (tertiary/aromatic N) is 1. The quantitative estimate of drug-likeness (QED) is 0.771. The Morgan fingerprint density at radius 2 is 2.12 bits per heavy atom. The number of hydrogen-bond donors (Lipinski definition) is 1. The van der Waals surface area contributed by atoms with Crippen LogP contribution in [0.2, 0.25) is 0 Å². The molecule has 0 fully saturated rings. The summed E-state index contributed by atoms with van der Waals surface area (Å²) in [6, 6.07) is 7.31. The molecule has 1 aromatic heterocycles. The van der Waals surface area contributed by atoms with Gasteiger partial charge in [0.2, 0.25) is 0 Å². The fraction of sp³-hybridized carbons (Fsp3) is 0.200. The van der Waals surface area contributed by atoms with Gasteiger partial charge >= 0.3 is 5.76 Å². The molecule has 6 heteroatoms. The van der Waals surface area contributed by atoms with E-state index < -0.39 is 11.9 Å². The lowest BCUT2D eigenvalue weighted by Gasteiger charge is -2.24. The van der Waals surface area contributed by atoms with E-state index in [1.54, 1.807) is 6.07 Å². The summed E-state index contributed by atoms with van der Waals surface area (Å²) in [4.78, 5) is 13.2. The predicted octanol–water partition coefficient (Wildman–Crippen LogP) is 0.875. The van der Waals surface area contributed by atoms with Gasteiger partial charge in [-0.15, -0.1) is 0 Å². The van der Waals surface area contributed by atoms with Gasteiger partial charge in [-0.1, -0.05) is 17.3 Å². The Balaban J connectivity index is 1.90. The molecule has 1 atom stereocenters. The Bertz CT molecular complexity index is 560. The van der Waals surface area contributed by atoms with Crippen LogP contribution in [0.4, 0.5) is 0 Å². The van der Waals surface area contributed by atoms with Crippen molar-refractivity contribution in [2.45, 2.75) is 6.10 Å². The first-order chi connectivity index (χ1) is 7.83. The standard InChI is InChI=1S/C10H8N2O4/c13-10-11-9(12-16-10)8-5-14-6-3-1-2-4-7(6)15-8/h1-4,8H,5H2,(H,11,12,13). The van der Waals surface area contributed by atoms with Crippen molar-refractivity contribution in [3.63, 3.8) is 0 Å². The van der Waals surface area contributed by atoms with E-state index in [-0.39, 0.29) is 0 Å². The Morgan fingerprint density at radius 3 is 2.88 bits per heavy atom. The summed E-state index contributed by atoms with van der Waals surface area (Å²) in [5.74, 6) is 1.05. The van der Waals surface area contributed by atoms with E-state index in [1.165, 1.54) is 0 Å². The molecular formula is C10H8N2O4. The van der Waals surface area contributed by atoms with E-state index in [0.29, 0.717) is 23.9 Å². The molecule has 1 aliphatic heterocycles. The average molecular weight is 220 g/mol. The summed E-state index contributed by atoms with van der Waals surface area (Å²) < 4.78 is 15.5. The molecule has 2 heterocycles. The van der Waals surface area contributed by atoms with E-state index in [9.17, 15) is 4.79 Å². The number of fused-ring (bicyclic) bond motifs is 1. The molecule has 0 spiro atoms. The highest BCUT2D eigenvalue weighted by Gasteiger charge is 2.25. The average Bonchev–Trinajstić information content (AvgIpc) is 2.75. The van der Waals surface area contributed by atoms with Gasteiger partial charge in [0.05, 0.1) is 0 Å². The van der Waals surface area contributed by atoms with Gasteiger partial charge in [-0.2, -0.15) is 0 Å². The molecule has 16 heavy (non-hydrogen) atoms. The highest BCUT2D eigenvalue weighted by Crippen LogP contribution is 2.34. The van der Waals surface area contributed by atoms with E-state index in [1.807, 2.05) is 18.2 Å². The third kappa shape index (κ3) is 1.44. The lowest BCUT2D eigenvalue weighted by atomic mass is 10.2. The second-order valence-corrected chi connectivity index (χ2v) is 3.34. The third-order valence-corrected chi connectivity index (χ3v) is 2.27. The van der Waals surface area contributed by atoms with Crippen molar-refractivity contribution >= 4 is 0 Å². The number of ether oxygens (including phenoxy) is 2. The van der Waals surface area contributed by atoms with Crippen LogP contribution >= 0.6 is 0 Å². The summed E-state index contributed by atoms with van der Waals surface area (Å²) >= 11 is 0. The molecule has 2 aromatic rings. The molecule has 3 rings (SSSR count). The van der Waals surface area contributed by atoms with E-state index >= 15 is 0 Å². The second kappa shape index (κ2) is 3.41. The molecule has 82 valence electrons. The van der Waals surface area contributed by atoms with Crippen LogP contribution in [0.15, 0.2) is 33.6 Å². The largest absolute Gasteiger partial charge is 0.485 e. The minimum atomic E-state index is -0.600. The van der Waals surface area contributed by atoms with Gasteiger partial charge in [0.25, 0.3) is 0 Å². The molecule has 0 amide bonds. The lowest BCUT2D eigenvalue weighted by molar-refractivity contribution is 0.0832. The zero-order valence-electron chi connectivity index (χ0n) is 8.17. The molecule has 1 N–H and O–H groups in total. The van der Waals surface area contributed by atoms with Crippen molar-refractivity contribution in [2.24, 2.45) is 0 Å². The van der Waals surface area contributed by atoms with Crippen LogP contribution in [-0.2, 0) is 0 Å². The number of rotatable bonds is 1. The first-order valence-electron chi connectivity index (χ1n) is 4.77. The number of aromatic nitrogens is 2. The molecule has 6 nitrogen and oxygen atoms in total. The first kappa shape index (κ1) is 9.02. The Hall–Kier alpha value is -2.24. The van der Waals surface area contributed by atoms with Gasteiger partial charge in [-0.25, -0.2) is 4.79 Å². The SMILES string of the molecule is O=c1[nH]c(C2COc3ccccc3O2)no1. The van der Waals surface area contributed by atoms with Crippen LogP contribution in [0, 0.1) is 0 Å². The van der Waals surface area contributed by atoms with Crippen LogP contribution in [-0.4, -0.2) is 16.7 Å². The van der Waals surface area contributed by atoms with Crippen LogP contribution in [0.1, 0.15) is 11.9 Å². The molecule has 1 aliphatic rings. The summed E-state index contributed by atoms with van der Waals surface area (Å²) in [7, 11) is 0. The van der Waals surface area contributed by atoms with Crippen molar-refractivity contribution in [1.29, 1.82) is 0 Å². The smallest absolute Gasteiger partial charge is 0.439 e. The molecular weight excluding hydrogens is 212 g/mol. The predicted molar refractivity (Wildman–Crippen MR) is 52.4 cm³/mol. The Morgan fingerprint density at radius 1 is 1.31 bits per heavy atom. The maximum atomic E-state index is 10.8. The van der Waals surface area contributed by atoms with Gasteiger partial charge < -0.3 is 9.47 Å². The second-order valence-electron chi connectivity index (χ2n) is 3.34. The molecule has 1 aromatic carbocycles. The molecule has 0 bridgehead atoms. The number of para-hydroxylation sites is 2. The number of benzene rings is 1. The van der Waals surface area contributed by atoms with Crippen LogP contribution < -0.4 is 15.2 Å². The number of nitrogens with one attached hydrogen (secondary N) is 1. The van der Waals surface area contributed by atoms with Crippen LogP contribution in [0.5, 0.6) is 11.5 Å². The van der Waals surface area contributed by atoms with E-state index in [0.717, 1.165) is 0 Å². The maximum Gasteiger partial charge on any atom is 0.439 e. The van der Waals surface area contributed by atoms with Gasteiger partial charge in [-0.05, 0) is 12.1 Å². The Labute approximate surface area is 89.8 Å². The number of H-pyrrole nitrogens is 1. The number of aromatic amines is 1. The van der Waals surface area contributed by atoms with E-state index in [2.05, 4.69) is 14.7 Å². The topological polar surface area (TPSA) is 77.4 Å². The Kier molecular flexibility index (Phi) is 1.92. The third-order valence-electron chi connectivity index (χ3n) is 2.27. The molecule has 0 saturated carbocycles. The van der Waals surface area contributed by atoms with Gasteiger partial charge in [-0.3, -0.25) is 9.51 Å². The highest BCUT2D eigenvalue weighted by molar-refractivity contribution is 5.40. The molecule has 0 saturated heterocycles. The van der Waals surface area contributed by atoms with Crippen molar-refractivity contribution in [3.05, 3.63) is 40.6 Å². The molecule has 0 radical (unpaired) electrons. The molecule has 0 aliphatic carbocycles.